The average molecular weight is 371 g/mol. The minimum Gasteiger partial charge on any atom is -0.453 e. The maximum atomic E-state index is 11.6. The van der Waals surface area contributed by atoms with Gasteiger partial charge in [-0.15, -0.1) is 0 Å². The van der Waals surface area contributed by atoms with E-state index in [1.54, 1.807) is 30.3 Å². The topological polar surface area (TPSA) is 61.8 Å². The molecular weight excluding hydrogens is 356 g/mol. The first-order valence-electron chi connectivity index (χ1n) is 7.80. The molecule has 0 bridgehead atoms. The van der Waals surface area contributed by atoms with Crippen molar-refractivity contribution in [3.8, 4) is 23.0 Å². The fourth-order valence-corrected chi connectivity index (χ4v) is 2.67. The summed E-state index contributed by atoms with van der Waals surface area (Å²) in [6.45, 7) is 2.60. The van der Waals surface area contributed by atoms with Crippen LogP contribution in [0.25, 0.3) is 10.8 Å². The van der Waals surface area contributed by atoms with Crippen molar-refractivity contribution in [2.24, 2.45) is 0 Å². The molecule has 132 valence electrons. The van der Waals surface area contributed by atoms with Gasteiger partial charge in [-0.3, -0.25) is 9.59 Å². The van der Waals surface area contributed by atoms with Crippen LogP contribution in [0, 0.1) is 0 Å². The highest BCUT2D eigenvalue weighted by Crippen LogP contribution is 2.44. The van der Waals surface area contributed by atoms with Crippen LogP contribution in [0.2, 0.25) is 5.02 Å². The Hall–Kier alpha value is -3.05. The number of rotatable bonds is 4. The molecule has 0 atom stereocenters. The number of carbonyl (C=O) groups is 2. The summed E-state index contributed by atoms with van der Waals surface area (Å²) in [6, 6.07) is 15.5. The molecule has 0 N–H and O–H groups in total. The number of benzene rings is 3. The van der Waals surface area contributed by atoms with Crippen molar-refractivity contribution in [2.45, 2.75) is 13.8 Å². The second-order valence-electron chi connectivity index (χ2n) is 5.49. The number of para-hydroxylation sites is 1. The van der Waals surface area contributed by atoms with E-state index in [1.807, 2.05) is 18.2 Å². The van der Waals surface area contributed by atoms with E-state index in [0.29, 0.717) is 21.5 Å². The Kier molecular flexibility index (Phi) is 5.09. The Morgan fingerprint density at radius 2 is 1.50 bits per heavy atom. The Morgan fingerprint density at radius 3 is 2.15 bits per heavy atom. The first-order chi connectivity index (χ1) is 12.4. The molecule has 5 nitrogen and oxygen atoms in total. The predicted molar refractivity (Wildman–Crippen MR) is 98.1 cm³/mol. The van der Waals surface area contributed by atoms with E-state index in [9.17, 15) is 9.59 Å². The molecule has 0 aromatic heterocycles. The van der Waals surface area contributed by atoms with E-state index in [1.165, 1.54) is 19.9 Å². The second kappa shape index (κ2) is 7.45. The second-order valence-corrected chi connectivity index (χ2v) is 5.93. The van der Waals surface area contributed by atoms with E-state index in [2.05, 4.69) is 0 Å². The number of hydrogen-bond donors (Lipinski definition) is 0. The normalized spacial score (nSPS) is 10.4. The zero-order valence-corrected chi connectivity index (χ0v) is 14.9. The highest BCUT2D eigenvalue weighted by molar-refractivity contribution is 6.31. The summed E-state index contributed by atoms with van der Waals surface area (Å²) in [5.41, 5.74) is 0. The minimum absolute atomic E-state index is 0.226. The molecule has 0 saturated heterocycles. The maximum absolute atomic E-state index is 11.6. The molecule has 0 spiro atoms. The number of esters is 2. The lowest BCUT2D eigenvalue weighted by Gasteiger charge is -2.16. The Bertz CT molecular complexity index is 982. The van der Waals surface area contributed by atoms with Gasteiger partial charge in [0.2, 0.25) is 0 Å². The van der Waals surface area contributed by atoms with Crippen LogP contribution in [0.3, 0.4) is 0 Å². The zero-order chi connectivity index (χ0) is 18.7. The van der Waals surface area contributed by atoms with Gasteiger partial charge in [0.1, 0.15) is 11.5 Å². The van der Waals surface area contributed by atoms with Crippen LogP contribution >= 0.6 is 11.6 Å². The van der Waals surface area contributed by atoms with Gasteiger partial charge in [-0.1, -0.05) is 29.8 Å². The van der Waals surface area contributed by atoms with E-state index >= 15 is 0 Å². The monoisotopic (exact) mass is 370 g/mol. The van der Waals surface area contributed by atoms with Crippen LogP contribution in [0.4, 0.5) is 0 Å². The summed E-state index contributed by atoms with van der Waals surface area (Å²) >= 11 is 6.08. The first kappa shape index (κ1) is 17.8. The third-order valence-corrected chi connectivity index (χ3v) is 3.68. The van der Waals surface area contributed by atoms with Crippen molar-refractivity contribution in [2.75, 3.05) is 0 Å². The molecule has 26 heavy (non-hydrogen) atoms. The molecule has 0 aliphatic rings. The highest BCUT2D eigenvalue weighted by atomic mass is 35.5. The molecule has 0 unspecified atom stereocenters. The van der Waals surface area contributed by atoms with Crippen LogP contribution in [0.5, 0.6) is 23.0 Å². The summed E-state index contributed by atoms with van der Waals surface area (Å²) in [6.07, 6.45) is 0. The summed E-state index contributed by atoms with van der Waals surface area (Å²) < 4.78 is 16.6. The van der Waals surface area contributed by atoms with E-state index in [4.69, 9.17) is 25.8 Å². The Labute approximate surface area is 155 Å². The Morgan fingerprint density at radius 1 is 0.808 bits per heavy atom. The predicted octanol–water partition coefficient (Wildman–Crippen LogP) is 5.14. The van der Waals surface area contributed by atoms with Crippen molar-refractivity contribution >= 4 is 34.3 Å². The molecule has 3 aromatic carbocycles. The van der Waals surface area contributed by atoms with Gasteiger partial charge in [0.15, 0.2) is 11.5 Å². The SMILES string of the molecule is CC(=O)Oc1cc(Oc2ccccc2)c(OC(C)=O)c2ccc(Cl)cc12. The molecule has 3 rings (SSSR count). The minimum atomic E-state index is -0.501. The summed E-state index contributed by atoms with van der Waals surface area (Å²) in [4.78, 5) is 23.1. The van der Waals surface area contributed by atoms with Gasteiger partial charge in [-0.2, -0.15) is 0 Å². The molecule has 6 heteroatoms. The van der Waals surface area contributed by atoms with Crippen LogP contribution in [0.1, 0.15) is 13.8 Å². The van der Waals surface area contributed by atoms with Crippen LogP contribution in [0.15, 0.2) is 54.6 Å². The lowest BCUT2D eigenvalue weighted by molar-refractivity contribution is -0.133. The fourth-order valence-electron chi connectivity index (χ4n) is 2.49. The fraction of sp³-hybridized carbons (Fsp3) is 0.100. The summed E-state index contributed by atoms with van der Waals surface area (Å²) in [7, 11) is 0. The zero-order valence-electron chi connectivity index (χ0n) is 14.1. The van der Waals surface area contributed by atoms with Gasteiger partial charge in [0, 0.05) is 35.7 Å². The summed E-state index contributed by atoms with van der Waals surface area (Å²) in [5.74, 6) is 0.290. The Balaban J connectivity index is 2.24. The van der Waals surface area contributed by atoms with Crippen molar-refractivity contribution in [1.29, 1.82) is 0 Å². The van der Waals surface area contributed by atoms with Crippen LogP contribution in [-0.2, 0) is 9.59 Å². The van der Waals surface area contributed by atoms with Gasteiger partial charge in [-0.25, -0.2) is 0 Å². The summed E-state index contributed by atoms with van der Waals surface area (Å²) in [5, 5.41) is 1.52. The smallest absolute Gasteiger partial charge is 0.308 e. The first-order valence-corrected chi connectivity index (χ1v) is 8.18. The van der Waals surface area contributed by atoms with Crippen molar-refractivity contribution in [1.82, 2.24) is 0 Å². The van der Waals surface area contributed by atoms with Crippen LogP contribution < -0.4 is 14.2 Å². The molecule has 0 aliphatic carbocycles. The molecule has 0 amide bonds. The number of fused-ring (bicyclic) bond motifs is 1. The van der Waals surface area contributed by atoms with Crippen molar-refractivity contribution < 1.29 is 23.8 Å². The third kappa shape index (κ3) is 3.95. The van der Waals surface area contributed by atoms with Gasteiger partial charge >= 0.3 is 11.9 Å². The van der Waals surface area contributed by atoms with Gasteiger partial charge in [-0.05, 0) is 30.3 Å². The van der Waals surface area contributed by atoms with Crippen molar-refractivity contribution in [3.63, 3.8) is 0 Å². The van der Waals surface area contributed by atoms with Crippen molar-refractivity contribution in [3.05, 3.63) is 59.6 Å². The van der Waals surface area contributed by atoms with Gasteiger partial charge in [0.05, 0.1) is 0 Å². The van der Waals surface area contributed by atoms with E-state index in [-0.39, 0.29) is 17.2 Å². The standard InChI is InChI=1S/C20H15ClO5/c1-12(22)24-18-11-19(26-15-6-4-3-5-7-15)20(25-13(2)23)16-9-8-14(21)10-17(16)18/h3-11H,1-2H3. The molecule has 3 aromatic rings. The lowest BCUT2D eigenvalue weighted by atomic mass is 10.1. The highest BCUT2D eigenvalue weighted by Gasteiger charge is 2.19. The van der Waals surface area contributed by atoms with E-state index in [0.717, 1.165) is 0 Å². The van der Waals surface area contributed by atoms with Gasteiger partial charge in [0.25, 0.3) is 0 Å². The third-order valence-electron chi connectivity index (χ3n) is 3.45. The largest absolute Gasteiger partial charge is 0.453 e. The molecule has 0 aliphatic heterocycles. The van der Waals surface area contributed by atoms with Gasteiger partial charge < -0.3 is 14.2 Å². The van der Waals surface area contributed by atoms with E-state index < -0.39 is 11.9 Å². The number of halogens is 1. The quantitative estimate of drug-likeness (QED) is 0.470. The molecule has 0 heterocycles. The lowest BCUT2D eigenvalue weighted by Crippen LogP contribution is -2.06. The molecular formula is C20H15ClO5. The average Bonchev–Trinajstić information content (AvgIpc) is 2.58. The molecule has 0 saturated carbocycles. The molecule has 0 radical (unpaired) electrons. The number of hydrogen-bond acceptors (Lipinski definition) is 5. The van der Waals surface area contributed by atoms with Crippen LogP contribution in [-0.4, -0.2) is 11.9 Å². The molecule has 0 fully saturated rings. The number of carbonyl (C=O) groups excluding carboxylic acids is 2. The maximum Gasteiger partial charge on any atom is 0.308 e. The number of ether oxygens (including phenoxy) is 3.